The number of carbonyl (C=O) groups is 1. The van der Waals surface area contributed by atoms with Crippen LogP contribution in [-0.2, 0) is 4.74 Å². The van der Waals surface area contributed by atoms with Gasteiger partial charge in [0.1, 0.15) is 5.75 Å². The number of anilines is 1. The van der Waals surface area contributed by atoms with Gasteiger partial charge in [0.2, 0.25) is 0 Å². The first kappa shape index (κ1) is 15.3. The molecule has 0 aliphatic carbocycles. The van der Waals surface area contributed by atoms with Gasteiger partial charge in [-0.1, -0.05) is 15.9 Å². The van der Waals surface area contributed by atoms with Gasteiger partial charge >= 0.3 is 5.97 Å². The maximum atomic E-state index is 13.9. The average molecular weight is 354 g/mol. The van der Waals surface area contributed by atoms with Crippen LogP contribution >= 0.6 is 15.9 Å². The first-order valence-corrected chi connectivity index (χ1v) is 7.00. The van der Waals surface area contributed by atoms with Crippen molar-refractivity contribution in [2.24, 2.45) is 0 Å². The van der Waals surface area contributed by atoms with Gasteiger partial charge in [-0.2, -0.15) is 0 Å². The molecule has 2 aromatic carbocycles. The minimum absolute atomic E-state index is 0.00843. The Labute approximate surface area is 129 Å². The average Bonchev–Trinajstić information content (AvgIpc) is 2.44. The largest absolute Gasteiger partial charge is 0.462 e. The maximum Gasteiger partial charge on any atom is 0.340 e. The predicted octanol–water partition coefficient (Wildman–Crippen LogP) is 4.14. The van der Waals surface area contributed by atoms with Crippen LogP contribution in [-0.4, -0.2) is 12.6 Å². The molecule has 0 unspecified atom stereocenters. The summed E-state index contributed by atoms with van der Waals surface area (Å²) in [7, 11) is 0. The molecule has 0 radical (unpaired) electrons. The third-order valence-electron chi connectivity index (χ3n) is 2.64. The van der Waals surface area contributed by atoms with E-state index in [1.807, 2.05) is 0 Å². The lowest BCUT2D eigenvalue weighted by Crippen LogP contribution is -2.09. The van der Waals surface area contributed by atoms with Crippen LogP contribution in [0.3, 0.4) is 0 Å². The lowest BCUT2D eigenvalue weighted by Gasteiger charge is -2.11. The van der Waals surface area contributed by atoms with Crippen molar-refractivity contribution in [3.05, 3.63) is 52.3 Å². The van der Waals surface area contributed by atoms with Crippen LogP contribution < -0.4 is 10.5 Å². The molecule has 0 aliphatic rings. The first-order valence-electron chi connectivity index (χ1n) is 6.20. The summed E-state index contributed by atoms with van der Waals surface area (Å²) in [6, 6.07) is 9.15. The fourth-order valence-corrected chi connectivity index (χ4v) is 1.93. The standard InChI is InChI=1S/C15H13BrFNO3/c1-2-20-15(19)11-7-14(12(17)8-13(11)18)21-10-5-3-9(16)4-6-10/h3-8H,2,18H2,1H3. The lowest BCUT2D eigenvalue weighted by atomic mass is 10.1. The highest BCUT2D eigenvalue weighted by molar-refractivity contribution is 9.10. The van der Waals surface area contributed by atoms with Crippen LogP contribution in [0.5, 0.6) is 11.5 Å². The number of hydrogen-bond acceptors (Lipinski definition) is 4. The van der Waals surface area contributed by atoms with E-state index in [4.69, 9.17) is 15.2 Å². The van der Waals surface area contributed by atoms with E-state index in [1.54, 1.807) is 31.2 Å². The molecule has 0 aliphatic heterocycles. The third-order valence-corrected chi connectivity index (χ3v) is 3.17. The molecule has 110 valence electrons. The van der Waals surface area contributed by atoms with Crippen molar-refractivity contribution in [2.75, 3.05) is 12.3 Å². The summed E-state index contributed by atoms with van der Waals surface area (Å²) >= 11 is 3.30. The molecule has 0 aromatic heterocycles. The fraction of sp³-hybridized carbons (Fsp3) is 0.133. The maximum absolute atomic E-state index is 13.9. The molecule has 4 nitrogen and oxygen atoms in total. The van der Waals surface area contributed by atoms with Crippen molar-refractivity contribution in [3.8, 4) is 11.5 Å². The lowest BCUT2D eigenvalue weighted by molar-refractivity contribution is 0.0527. The number of benzene rings is 2. The summed E-state index contributed by atoms with van der Waals surface area (Å²) in [6.45, 7) is 1.88. The number of halogens is 2. The number of rotatable bonds is 4. The summed E-state index contributed by atoms with van der Waals surface area (Å²) in [5, 5.41) is 0. The van der Waals surface area contributed by atoms with Gasteiger partial charge in [-0.15, -0.1) is 0 Å². The first-order chi connectivity index (χ1) is 10.0. The Balaban J connectivity index is 2.32. The Bertz CT molecular complexity index is 659. The highest BCUT2D eigenvalue weighted by Crippen LogP contribution is 2.29. The zero-order chi connectivity index (χ0) is 15.4. The molecule has 0 fully saturated rings. The number of esters is 1. The summed E-state index contributed by atoms with van der Waals surface area (Å²) in [4.78, 5) is 11.7. The molecule has 0 heterocycles. The normalized spacial score (nSPS) is 10.2. The van der Waals surface area contributed by atoms with Gasteiger partial charge in [-0.05, 0) is 31.2 Å². The summed E-state index contributed by atoms with van der Waals surface area (Å²) in [5.41, 5.74) is 5.71. The molecule has 2 N–H and O–H groups in total. The molecule has 21 heavy (non-hydrogen) atoms. The Morgan fingerprint density at radius 2 is 1.95 bits per heavy atom. The SMILES string of the molecule is CCOC(=O)c1cc(Oc2ccc(Br)cc2)c(F)cc1N. The second-order valence-corrected chi connectivity index (χ2v) is 5.06. The number of carbonyl (C=O) groups excluding carboxylic acids is 1. The van der Waals surface area contributed by atoms with Crippen LogP contribution in [0.4, 0.5) is 10.1 Å². The number of nitrogen functional groups attached to an aromatic ring is 1. The molecule has 2 aromatic rings. The van der Waals surface area contributed by atoms with Crippen LogP contribution in [0.2, 0.25) is 0 Å². The van der Waals surface area contributed by atoms with Gasteiger partial charge in [0.05, 0.1) is 12.2 Å². The van der Waals surface area contributed by atoms with E-state index in [-0.39, 0.29) is 23.6 Å². The molecule has 0 atom stereocenters. The molecule has 0 bridgehead atoms. The van der Waals surface area contributed by atoms with Crippen LogP contribution in [0.15, 0.2) is 40.9 Å². The molecule has 0 saturated carbocycles. The van der Waals surface area contributed by atoms with Crippen LogP contribution in [0, 0.1) is 5.82 Å². The van der Waals surface area contributed by atoms with Gasteiger partial charge in [-0.25, -0.2) is 9.18 Å². The monoisotopic (exact) mass is 353 g/mol. The minimum Gasteiger partial charge on any atom is -0.462 e. The van der Waals surface area contributed by atoms with E-state index in [0.29, 0.717) is 5.75 Å². The molecule has 0 saturated heterocycles. The Hall–Kier alpha value is -2.08. The zero-order valence-corrected chi connectivity index (χ0v) is 12.8. The molecular formula is C15H13BrFNO3. The highest BCUT2D eigenvalue weighted by atomic mass is 79.9. The number of hydrogen-bond donors (Lipinski definition) is 1. The topological polar surface area (TPSA) is 61.5 Å². The Kier molecular flexibility index (Phi) is 4.80. The quantitative estimate of drug-likeness (QED) is 0.662. The molecule has 2 rings (SSSR count). The van der Waals surface area contributed by atoms with Crippen LogP contribution in [0.1, 0.15) is 17.3 Å². The molecular weight excluding hydrogens is 341 g/mol. The Morgan fingerprint density at radius 1 is 1.29 bits per heavy atom. The van der Waals surface area contributed by atoms with Gasteiger partial charge in [0.15, 0.2) is 11.6 Å². The Morgan fingerprint density at radius 3 is 2.57 bits per heavy atom. The summed E-state index contributed by atoms with van der Waals surface area (Å²) in [6.07, 6.45) is 0. The van der Waals surface area contributed by atoms with Gasteiger partial charge in [-0.3, -0.25) is 0 Å². The van der Waals surface area contributed by atoms with Gasteiger partial charge in [0, 0.05) is 22.3 Å². The highest BCUT2D eigenvalue weighted by Gasteiger charge is 2.16. The van der Waals surface area contributed by atoms with E-state index in [0.717, 1.165) is 10.5 Å². The van der Waals surface area contributed by atoms with E-state index in [1.165, 1.54) is 6.07 Å². The molecule has 0 spiro atoms. The summed E-state index contributed by atoms with van der Waals surface area (Å²) < 4.78 is 25.0. The van der Waals surface area contributed by atoms with Crippen molar-refractivity contribution in [1.82, 2.24) is 0 Å². The van der Waals surface area contributed by atoms with Crippen molar-refractivity contribution < 1.29 is 18.7 Å². The van der Waals surface area contributed by atoms with E-state index in [9.17, 15) is 9.18 Å². The fourth-order valence-electron chi connectivity index (χ4n) is 1.66. The van der Waals surface area contributed by atoms with E-state index in [2.05, 4.69) is 15.9 Å². The second-order valence-electron chi connectivity index (χ2n) is 4.15. The summed E-state index contributed by atoms with van der Waals surface area (Å²) in [5.74, 6) is -0.912. The van der Waals surface area contributed by atoms with Crippen molar-refractivity contribution in [1.29, 1.82) is 0 Å². The smallest absolute Gasteiger partial charge is 0.340 e. The second kappa shape index (κ2) is 6.58. The van der Waals surface area contributed by atoms with Gasteiger partial charge in [0.25, 0.3) is 0 Å². The zero-order valence-electron chi connectivity index (χ0n) is 11.2. The number of ether oxygens (including phenoxy) is 2. The van der Waals surface area contributed by atoms with Gasteiger partial charge < -0.3 is 15.2 Å². The minimum atomic E-state index is -0.650. The van der Waals surface area contributed by atoms with E-state index < -0.39 is 11.8 Å². The van der Waals surface area contributed by atoms with Crippen molar-refractivity contribution in [2.45, 2.75) is 6.92 Å². The predicted molar refractivity (Wildman–Crippen MR) is 81.0 cm³/mol. The number of nitrogens with two attached hydrogens (primary N) is 1. The van der Waals surface area contributed by atoms with Crippen LogP contribution in [0.25, 0.3) is 0 Å². The third kappa shape index (κ3) is 3.72. The molecule has 0 amide bonds. The van der Waals surface area contributed by atoms with E-state index >= 15 is 0 Å². The molecule has 6 heteroatoms. The van der Waals surface area contributed by atoms with Crippen molar-refractivity contribution >= 4 is 27.6 Å². The van der Waals surface area contributed by atoms with Crippen molar-refractivity contribution in [3.63, 3.8) is 0 Å².